The van der Waals surface area contributed by atoms with Gasteiger partial charge in [-0.1, -0.05) is 24.3 Å². The lowest BCUT2D eigenvalue weighted by Crippen LogP contribution is -1.93. The SMILES string of the molecule is CP(C)(=O)Oc1cccc(/C=C/C(=O)/C=C/c2cc(OP(C)(C)=O)cc(OP(C)(C)=O)c2)c1. The molecular formula is C23H29O7P3. The predicted molar refractivity (Wildman–Crippen MR) is 136 cm³/mol. The molecule has 2 aromatic carbocycles. The molecule has 10 heteroatoms. The van der Waals surface area contributed by atoms with E-state index in [-0.39, 0.29) is 17.3 Å². The van der Waals surface area contributed by atoms with Gasteiger partial charge in [0.15, 0.2) is 5.78 Å². The summed E-state index contributed by atoms with van der Waals surface area (Å²) in [5.41, 5.74) is 1.28. The van der Waals surface area contributed by atoms with Crippen molar-refractivity contribution in [2.24, 2.45) is 0 Å². The van der Waals surface area contributed by atoms with Gasteiger partial charge >= 0.3 is 0 Å². The van der Waals surface area contributed by atoms with Gasteiger partial charge in [-0.15, -0.1) is 0 Å². The highest BCUT2D eigenvalue weighted by molar-refractivity contribution is 7.58. The Bertz CT molecular complexity index is 1170. The van der Waals surface area contributed by atoms with Crippen LogP contribution < -0.4 is 13.6 Å². The maximum atomic E-state index is 12.3. The van der Waals surface area contributed by atoms with E-state index in [2.05, 4.69) is 0 Å². The Hall–Kier alpha value is -2.32. The smallest absolute Gasteiger partial charge is 0.242 e. The second-order valence-electron chi connectivity index (χ2n) is 8.41. The van der Waals surface area contributed by atoms with Crippen molar-refractivity contribution in [3.8, 4) is 17.2 Å². The quantitative estimate of drug-likeness (QED) is 0.258. The predicted octanol–water partition coefficient (Wildman–Crippen LogP) is 6.73. The molecule has 0 aliphatic heterocycles. The third kappa shape index (κ3) is 11.4. The molecule has 0 amide bonds. The Morgan fingerprint density at radius 1 is 0.636 bits per heavy atom. The van der Waals surface area contributed by atoms with Gasteiger partial charge < -0.3 is 13.6 Å². The fraction of sp³-hybridized carbons (Fsp3) is 0.261. The number of allylic oxidation sites excluding steroid dienone is 2. The average molecular weight is 510 g/mol. The number of carbonyl (C=O) groups is 1. The highest BCUT2D eigenvalue weighted by Gasteiger charge is 2.14. The van der Waals surface area contributed by atoms with Gasteiger partial charge in [-0.05, 0) is 47.5 Å². The standard InChI is InChI=1S/C23H29O7P3/c1-31(2,25)28-21-9-7-8-18(14-21)10-12-20(24)13-11-19-15-22(29-32(3,4)26)17-23(16-19)30-33(5,6)27/h7-17H,1-6H3/b12-10+,13-11+. The third-order valence-corrected chi connectivity index (χ3v) is 5.57. The van der Waals surface area contributed by atoms with Crippen LogP contribution in [0.2, 0.25) is 0 Å². The first-order valence-electron chi connectivity index (χ1n) is 9.97. The van der Waals surface area contributed by atoms with Gasteiger partial charge in [-0.2, -0.15) is 0 Å². The molecule has 0 unspecified atom stereocenters. The van der Waals surface area contributed by atoms with E-state index in [1.165, 1.54) is 58.2 Å². The Morgan fingerprint density at radius 2 is 1.06 bits per heavy atom. The van der Waals surface area contributed by atoms with Crippen LogP contribution in [0, 0.1) is 0 Å². The van der Waals surface area contributed by atoms with Gasteiger partial charge in [0.05, 0.1) is 0 Å². The minimum absolute atomic E-state index is 0.278. The van der Waals surface area contributed by atoms with Gasteiger partial charge in [0.25, 0.3) is 0 Å². The van der Waals surface area contributed by atoms with E-state index < -0.39 is 22.1 Å². The van der Waals surface area contributed by atoms with Crippen LogP contribution in [0.25, 0.3) is 12.2 Å². The van der Waals surface area contributed by atoms with Crippen LogP contribution in [0.3, 0.4) is 0 Å². The Kier molecular flexibility index (Phi) is 8.76. The van der Waals surface area contributed by atoms with Crippen molar-refractivity contribution < 1.29 is 32.1 Å². The molecule has 0 heterocycles. The topological polar surface area (TPSA) is 96.0 Å². The number of benzene rings is 2. The maximum absolute atomic E-state index is 12.3. The molecule has 0 atom stereocenters. The van der Waals surface area contributed by atoms with Crippen molar-refractivity contribution in [3.05, 3.63) is 65.7 Å². The molecule has 0 aliphatic carbocycles. The highest BCUT2D eigenvalue weighted by atomic mass is 31.2. The first kappa shape index (κ1) is 26.9. The molecule has 0 N–H and O–H groups in total. The molecule has 2 rings (SSSR count). The fourth-order valence-corrected chi connectivity index (χ4v) is 4.49. The number of carbonyl (C=O) groups excluding carboxylic acids is 1. The molecule has 0 aliphatic rings. The Labute approximate surface area is 195 Å². The van der Waals surface area contributed by atoms with Crippen molar-refractivity contribution in [2.45, 2.75) is 0 Å². The summed E-state index contributed by atoms with van der Waals surface area (Å²) in [6.45, 7) is 8.98. The summed E-state index contributed by atoms with van der Waals surface area (Å²) in [6, 6.07) is 11.7. The van der Waals surface area contributed by atoms with Crippen molar-refractivity contribution in [3.63, 3.8) is 0 Å². The summed E-state index contributed by atoms with van der Waals surface area (Å²) in [5, 5.41) is 0. The van der Waals surface area contributed by atoms with Gasteiger partial charge in [0, 0.05) is 46.1 Å². The third-order valence-electron chi connectivity index (χ3n) is 3.62. The Morgan fingerprint density at radius 3 is 1.55 bits per heavy atom. The van der Waals surface area contributed by atoms with Crippen molar-refractivity contribution in [1.82, 2.24) is 0 Å². The minimum atomic E-state index is -2.83. The van der Waals surface area contributed by atoms with Crippen LogP contribution in [-0.2, 0) is 18.5 Å². The lowest BCUT2D eigenvalue weighted by atomic mass is 10.1. The molecule has 178 valence electrons. The zero-order chi connectivity index (χ0) is 24.9. The van der Waals surface area contributed by atoms with Crippen LogP contribution in [0.5, 0.6) is 17.2 Å². The van der Waals surface area contributed by atoms with E-state index in [1.807, 2.05) is 0 Å². The summed E-state index contributed by atoms with van der Waals surface area (Å²) in [5.74, 6) is 0.766. The van der Waals surface area contributed by atoms with E-state index in [1.54, 1.807) is 48.6 Å². The van der Waals surface area contributed by atoms with E-state index >= 15 is 0 Å². The van der Waals surface area contributed by atoms with Crippen molar-refractivity contribution in [2.75, 3.05) is 40.0 Å². The molecule has 0 bridgehead atoms. The van der Waals surface area contributed by atoms with Crippen LogP contribution >= 0.6 is 22.1 Å². The number of hydrogen-bond acceptors (Lipinski definition) is 7. The lowest BCUT2D eigenvalue weighted by molar-refractivity contribution is -0.110. The van der Waals surface area contributed by atoms with Gasteiger partial charge in [-0.25, -0.2) is 0 Å². The van der Waals surface area contributed by atoms with Crippen molar-refractivity contribution >= 4 is 40.0 Å². The van der Waals surface area contributed by atoms with Gasteiger partial charge in [0.2, 0.25) is 22.1 Å². The molecule has 0 aromatic heterocycles. The van der Waals surface area contributed by atoms with Crippen LogP contribution in [-0.4, -0.2) is 45.8 Å². The highest BCUT2D eigenvalue weighted by Crippen LogP contribution is 2.44. The summed E-state index contributed by atoms with van der Waals surface area (Å²) in [4.78, 5) is 12.3. The number of ketones is 1. The summed E-state index contributed by atoms with van der Waals surface area (Å²) in [7, 11) is -8.35. The number of hydrogen-bond donors (Lipinski definition) is 0. The second-order valence-corrected chi connectivity index (χ2v) is 16.5. The largest absolute Gasteiger partial charge is 0.443 e. The molecule has 0 saturated carbocycles. The molecule has 33 heavy (non-hydrogen) atoms. The summed E-state index contributed by atoms with van der Waals surface area (Å²) >= 11 is 0. The summed E-state index contributed by atoms with van der Waals surface area (Å²) in [6.07, 6.45) is 5.94. The molecule has 2 aromatic rings. The van der Waals surface area contributed by atoms with E-state index in [0.29, 0.717) is 11.3 Å². The van der Waals surface area contributed by atoms with Gasteiger partial charge in [0.1, 0.15) is 17.2 Å². The van der Waals surface area contributed by atoms with Crippen molar-refractivity contribution in [1.29, 1.82) is 0 Å². The second kappa shape index (κ2) is 10.7. The first-order valence-corrected chi connectivity index (χ1v) is 17.5. The van der Waals surface area contributed by atoms with Crippen LogP contribution in [0.4, 0.5) is 0 Å². The molecule has 0 saturated heterocycles. The lowest BCUT2D eigenvalue weighted by Gasteiger charge is -2.15. The van der Waals surface area contributed by atoms with E-state index in [4.69, 9.17) is 13.6 Å². The molecular weight excluding hydrogens is 481 g/mol. The Balaban J connectivity index is 2.21. The minimum Gasteiger partial charge on any atom is -0.443 e. The first-order chi connectivity index (χ1) is 15.1. The van der Waals surface area contributed by atoms with Crippen LogP contribution in [0.1, 0.15) is 11.1 Å². The van der Waals surface area contributed by atoms with Gasteiger partial charge in [-0.3, -0.25) is 18.5 Å². The molecule has 7 nitrogen and oxygen atoms in total. The normalized spacial score (nSPS) is 12.8. The fourth-order valence-electron chi connectivity index (χ4n) is 2.64. The monoisotopic (exact) mass is 510 g/mol. The van der Waals surface area contributed by atoms with E-state index in [9.17, 15) is 18.5 Å². The zero-order valence-corrected chi connectivity index (χ0v) is 22.2. The summed E-state index contributed by atoms with van der Waals surface area (Å²) < 4.78 is 52.3. The average Bonchev–Trinajstić information content (AvgIpc) is 2.60. The number of rotatable bonds is 10. The molecule has 0 radical (unpaired) electrons. The zero-order valence-electron chi connectivity index (χ0n) is 19.6. The molecule has 0 fully saturated rings. The molecule has 0 spiro atoms. The van der Waals surface area contributed by atoms with E-state index in [0.717, 1.165) is 5.56 Å². The maximum Gasteiger partial charge on any atom is 0.242 e. The van der Waals surface area contributed by atoms with Crippen LogP contribution in [0.15, 0.2) is 54.6 Å².